The number of para-hydroxylation sites is 5. The summed E-state index contributed by atoms with van der Waals surface area (Å²) in [6.45, 7) is 0. The second-order valence-corrected chi connectivity index (χ2v) is 18.1. The molecule has 3 heterocycles. The summed E-state index contributed by atoms with van der Waals surface area (Å²) < 4.78 is 2.40. The third-order valence-corrected chi connectivity index (χ3v) is 14.4. The summed E-state index contributed by atoms with van der Waals surface area (Å²) in [5, 5.41) is 2.50. The van der Waals surface area contributed by atoms with Crippen LogP contribution in [-0.4, -0.2) is 14.5 Å². The Bertz CT molecular complexity index is 3810. The van der Waals surface area contributed by atoms with E-state index in [2.05, 4.69) is 258 Å². The number of hydrogen-bond donors (Lipinski definition) is 0. The number of fused-ring (bicyclic) bond motifs is 12. The third kappa shape index (κ3) is 5.89. The van der Waals surface area contributed by atoms with E-state index in [0.717, 1.165) is 62.0 Å². The van der Waals surface area contributed by atoms with Crippen molar-refractivity contribution in [2.24, 2.45) is 0 Å². The molecule has 69 heavy (non-hydrogen) atoms. The zero-order valence-corrected chi connectivity index (χ0v) is 37.5. The molecule has 12 aromatic rings. The first-order valence-electron chi connectivity index (χ1n) is 23.7. The fraction of sp³-hybridized carbons (Fsp3) is 0.0154. The molecule has 2 aromatic heterocycles. The molecule has 0 bridgehead atoms. The summed E-state index contributed by atoms with van der Waals surface area (Å²) in [4.78, 5) is 13.1. The standard InChI is InChI=1S/C65H42N4/c1-4-20-43(21-5-1)57-42-58(67-64(66-57)44-22-6-2-7-23-44)51-30-19-33-56-63(51)52-41-46(45-24-18-27-48(40-45)69-59-34-14-10-28-49(59)50-29-11-15-35-60(50)69)38-39-53(52)65(56)54-31-12-16-36-61(54)68(47-25-8-3-9-26-47)62-37-17-13-32-55(62)65/h1-42H. The summed E-state index contributed by atoms with van der Waals surface area (Å²) in [6.07, 6.45) is 0. The van der Waals surface area contributed by atoms with E-state index in [0.29, 0.717) is 5.82 Å². The number of rotatable bonds is 6. The van der Waals surface area contributed by atoms with Gasteiger partial charge in [0.25, 0.3) is 0 Å². The third-order valence-electron chi connectivity index (χ3n) is 14.4. The Labute approximate surface area is 400 Å². The van der Waals surface area contributed by atoms with Crippen LogP contribution < -0.4 is 4.90 Å². The SMILES string of the molecule is c1ccc(-c2cc(-c3cccc4c3-c3cc(-c5cccc(-n6c7ccccc7c7ccccc76)c5)ccc3C43c4ccccc4N(c4ccccc4)c4ccccc43)nc(-c3ccccc3)n2)cc1. The van der Waals surface area contributed by atoms with Gasteiger partial charge in [0, 0.05) is 38.8 Å². The van der Waals surface area contributed by atoms with Crippen LogP contribution in [0.15, 0.2) is 255 Å². The molecule has 1 aliphatic heterocycles. The van der Waals surface area contributed by atoms with E-state index in [1.54, 1.807) is 0 Å². The van der Waals surface area contributed by atoms with Crippen LogP contribution in [0.3, 0.4) is 0 Å². The lowest BCUT2D eigenvalue weighted by Crippen LogP contribution is -2.36. The highest BCUT2D eigenvalue weighted by Crippen LogP contribution is 2.65. The van der Waals surface area contributed by atoms with Crippen molar-refractivity contribution in [1.82, 2.24) is 14.5 Å². The Morgan fingerprint density at radius 1 is 0.319 bits per heavy atom. The molecule has 0 amide bonds. The second-order valence-electron chi connectivity index (χ2n) is 18.1. The quantitative estimate of drug-likeness (QED) is 0.167. The first kappa shape index (κ1) is 39.1. The molecular weight excluding hydrogens is 837 g/mol. The van der Waals surface area contributed by atoms with Crippen molar-refractivity contribution < 1.29 is 0 Å². The lowest BCUT2D eigenvalue weighted by Gasteiger charge is -2.45. The molecule has 0 saturated carbocycles. The second kappa shape index (κ2) is 15.5. The molecule has 2 aliphatic rings. The monoisotopic (exact) mass is 878 g/mol. The van der Waals surface area contributed by atoms with Gasteiger partial charge in [0.15, 0.2) is 5.82 Å². The molecule has 14 rings (SSSR count). The maximum atomic E-state index is 5.47. The van der Waals surface area contributed by atoms with E-state index in [9.17, 15) is 0 Å². The molecule has 0 unspecified atom stereocenters. The Hall–Kier alpha value is -9.12. The van der Waals surface area contributed by atoms with Crippen molar-refractivity contribution in [1.29, 1.82) is 0 Å². The summed E-state index contributed by atoms with van der Waals surface area (Å²) in [5.41, 5.74) is 20.8. The van der Waals surface area contributed by atoms with Crippen LogP contribution >= 0.6 is 0 Å². The molecule has 0 radical (unpaired) electrons. The number of nitrogens with zero attached hydrogens (tertiary/aromatic N) is 4. The maximum Gasteiger partial charge on any atom is 0.160 e. The number of anilines is 3. The number of aromatic nitrogens is 3. The van der Waals surface area contributed by atoms with E-state index >= 15 is 0 Å². The van der Waals surface area contributed by atoms with E-state index < -0.39 is 5.41 Å². The minimum atomic E-state index is -0.653. The van der Waals surface area contributed by atoms with Crippen molar-refractivity contribution in [3.8, 4) is 61.8 Å². The fourth-order valence-electron chi connectivity index (χ4n) is 11.5. The minimum Gasteiger partial charge on any atom is -0.310 e. The highest BCUT2D eigenvalue weighted by Gasteiger charge is 2.52. The van der Waals surface area contributed by atoms with Crippen LogP contribution in [0.1, 0.15) is 22.3 Å². The van der Waals surface area contributed by atoms with Crippen LogP contribution in [-0.2, 0) is 5.41 Å². The first-order valence-corrected chi connectivity index (χ1v) is 23.7. The van der Waals surface area contributed by atoms with Crippen LogP contribution in [0.25, 0.3) is 83.6 Å². The highest BCUT2D eigenvalue weighted by molar-refractivity contribution is 6.09. The minimum absolute atomic E-state index is 0.653. The van der Waals surface area contributed by atoms with Gasteiger partial charge >= 0.3 is 0 Å². The van der Waals surface area contributed by atoms with Gasteiger partial charge in [0.05, 0.1) is 39.2 Å². The summed E-state index contributed by atoms with van der Waals surface area (Å²) in [6, 6.07) is 92.4. The molecule has 4 nitrogen and oxygen atoms in total. The van der Waals surface area contributed by atoms with E-state index in [1.807, 2.05) is 6.07 Å². The van der Waals surface area contributed by atoms with Gasteiger partial charge in [-0.1, -0.05) is 194 Å². The van der Waals surface area contributed by atoms with Gasteiger partial charge in [0.2, 0.25) is 0 Å². The van der Waals surface area contributed by atoms with Crippen molar-refractivity contribution in [2.75, 3.05) is 4.90 Å². The molecule has 0 saturated heterocycles. The largest absolute Gasteiger partial charge is 0.310 e. The van der Waals surface area contributed by atoms with E-state index in [-0.39, 0.29) is 0 Å². The summed E-state index contributed by atoms with van der Waals surface area (Å²) in [5.74, 6) is 0.694. The lowest BCUT2D eigenvalue weighted by atomic mass is 9.64. The maximum absolute atomic E-state index is 5.47. The van der Waals surface area contributed by atoms with Crippen molar-refractivity contribution >= 4 is 38.9 Å². The van der Waals surface area contributed by atoms with Gasteiger partial charge in [-0.05, 0) is 105 Å². The van der Waals surface area contributed by atoms with Crippen molar-refractivity contribution in [3.63, 3.8) is 0 Å². The molecule has 0 N–H and O–H groups in total. The molecular formula is C65H42N4. The fourth-order valence-corrected chi connectivity index (χ4v) is 11.5. The Morgan fingerprint density at radius 2 is 0.841 bits per heavy atom. The molecule has 10 aromatic carbocycles. The molecule has 0 fully saturated rings. The molecule has 1 spiro atoms. The zero-order valence-electron chi connectivity index (χ0n) is 37.5. The Kier molecular flexibility index (Phi) is 8.77. The van der Waals surface area contributed by atoms with Gasteiger partial charge in [-0.3, -0.25) is 0 Å². The highest BCUT2D eigenvalue weighted by atomic mass is 15.2. The van der Waals surface area contributed by atoms with Crippen LogP contribution in [0.4, 0.5) is 17.1 Å². The average molecular weight is 879 g/mol. The normalized spacial score (nSPS) is 13.0. The lowest BCUT2D eigenvalue weighted by molar-refractivity contribution is 0.753. The van der Waals surface area contributed by atoms with Crippen LogP contribution in [0.2, 0.25) is 0 Å². The topological polar surface area (TPSA) is 34.0 Å². The van der Waals surface area contributed by atoms with Gasteiger partial charge in [0.1, 0.15) is 0 Å². The van der Waals surface area contributed by atoms with Gasteiger partial charge in [-0.25, -0.2) is 9.97 Å². The summed E-state index contributed by atoms with van der Waals surface area (Å²) in [7, 11) is 0. The molecule has 4 heteroatoms. The molecule has 322 valence electrons. The van der Waals surface area contributed by atoms with Gasteiger partial charge in [-0.2, -0.15) is 0 Å². The van der Waals surface area contributed by atoms with E-state index in [4.69, 9.17) is 9.97 Å². The first-order chi connectivity index (χ1) is 34.2. The van der Waals surface area contributed by atoms with Crippen molar-refractivity contribution in [2.45, 2.75) is 5.41 Å². The Balaban J connectivity index is 1.05. The van der Waals surface area contributed by atoms with Crippen LogP contribution in [0, 0.1) is 0 Å². The van der Waals surface area contributed by atoms with Gasteiger partial charge in [-0.15, -0.1) is 0 Å². The van der Waals surface area contributed by atoms with Crippen LogP contribution in [0.5, 0.6) is 0 Å². The predicted octanol–water partition coefficient (Wildman–Crippen LogP) is 16.4. The average Bonchev–Trinajstić information content (AvgIpc) is 3.92. The summed E-state index contributed by atoms with van der Waals surface area (Å²) >= 11 is 0. The molecule has 0 atom stereocenters. The van der Waals surface area contributed by atoms with Crippen molar-refractivity contribution in [3.05, 3.63) is 277 Å². The number of hydrogen-bond acceptors (Lipinski definition) is 3. The van der Waals surface area contributed by atoms with E-state index in [1.165, 1.54) is 55.2 Å². The number of benzene rings is 10. The predicted molar refractivity (Wildman–Crippen MR) is 284 cm³/mol. The smallest absolute Gasteiger partial charge is 0.160 e. The zero-order chi connectivity index (χ0) is 45.5. The molecule has 1 aliphatic carbocycles. The van der Waals surface area contributed by atoms with Gasteiger partial charge < -0.3 is 9.47 Å². The Morgan fingerprint density at radius 3 is 1.54 bits per heavy atom.